The van der Waals surface area contributed by atoms with Crippen molar-refractivity contribution in [3.05, 3.63) is 503 Å². The predicted octanol–water partition coefficient (Wildman–Crippen LogP) is 37.0. The number of hydrogen-bond acceptors (Lipinski definition) is 2. The molecule has 0 N–H and O–H groups in total. The highest BCUT2D eigenvalue weighted by Crippen LogP contribution is 2.47. The van der Waals surface area contributed by atoms with E-state index >= 15 is 0 Å². The minimum Gasteiger partial charge on any atom is -0.309 e. The highest BCUT2D eigenvalue weighted by Gasteiger charge is 2.25. The van der Waals surface area contributed by atoms with Crippen LogP contribution in [0.25, 0.3) is 257 Å². The van der Waals surface area contributed by atoms with Gasteiger partial charge in [0, 0.05) is 125 Å². The number of fused-ring (bicyclic) bond motifs is 25. The molecule has 8 heterocycles. The number of hydrogen-bond donors (Lipinski definition) is 0. The molecule has 0 radical (unpaired) electrons. The minimum absolute atomic E-state index is 0. The fraction of sp³-hybridized carbons (Fsp3) is 0.0224. The van der Waals surface area contributed by atoms with Gasteiger partial charge in [-0.2, -0.15) is 5.26 Å². The molecule has 30 aromatic rings. The van der Waals surface area contributed by atoms with Gasteiger partial charge in [-0.3, -0.25) is 0 Å². The SMILES string of the molecule is C.C.C.N#Cc1ccc(-n2c3ccccc3c3cc(-c4ccc5c(c4)c4ccccc4n5-c4cccc5c4sc4ccccc45)ccc32)cc1.c1ccc(-n2c3ccccc3c3cc(-c4ccc5c(c4)c4ccccc4n5-c4ccc5c(c4)c4ccccc4n5-c4ccccc4)ccc32)cc1.c1ccc(-n2c3ccccc3c3cc(-c4ccc5c(c4)c4ccccc4n5-c4ccc5ccccc5c4)ccc32)cc1. The molecule has 676 valence electrons. The van der Waals surface area contributed by atoms with Gasteiger partial charge in [-0.15, -0.1) is 11.3 Å². The molecule has 0 atom stereocenters. The van der Waals surface area contributed by atoms with Gasteiger partial charge in [-0.25, -0.2) is 0 Å². The van der Waals surface area contributed by atoms with Gasteiger partial charge in [-0.1, -0.05) is 301 Å². The van der Waals surface area contributed by atoms with Gasteiger partial charge >= 0.3 is 0 Å². The van der Waals surface area contributed by atoms with Crippen molar-refractivity contribution in [3.63, 3.8) is 0 Å². The smallest absolute Gasteiger partial charge is 0.0991 e. The summed E-state index contributed by atoms with van der Waals surface area (Å²) in [6.07, 6.45) is 0. The average molecular weight is 1850 g/mol. The summed E-state index contributed by atoms with van der Waals surface area (Å²) in [5, 5.41) is 32.0. The van der Waals surface area contributed by atoms with E-state index in [9.17, 15) is 5.26 Å². The number of nitriles is 1. The molecule has 8 aromatic heterocycles. The van der Waals surface area contributed by atoms with Crippen LogP contribution in [0.4, 0.5) is 0 Å². The van der Waals surface area contributed by atoms with Crippen molar-refractivity contribution in [1.82, 2.24) is 32.0 Å². The Bertz CT molecular complexity index is 10400. The molecule has 0 fully saturated rings. The Morgan fingerprint density at radius 2 is 0.406 bits per heavy atom. The summed E-state index contributed by atoms with van der Waals surface area (Å²) in [4.78, 5) is 0. The van der Waals surface area contributed by atoms with Gasteiger partial charge in [0.1, 0.15) is 0 Å². The lowest BCUT2D eigenvalue weighted by atomic mass is 10.0. The highest BCUT2D eigenvalue weighted by molar-refractivity contribution is 7.26. The summed E-state index contributed by atoms with van der Waals surface area (Å²) in [7, 11) is 0. The number of thiophene rings is 1. The van der Waals surface area contributed by atoms with Crippen LogP contribution in [0.2, 0.25) is 0 Å². The summed E-state index contributed by atoms with van der Waals surface area (Å²) in [6, 6.07) is 182. The lowest BCUT2D eigenvalue weighted by molar-refractivity contribution is 1.17. The van der Waals surface area contributed by atoms with Crippen molar-refractivity contribution in [2.24, 2.45) is 0 Å². The Labute approximate surface area is 830 Å². The summed E-state index contributed by atoms with van der Waals surface area (Å²) in [6.45, 7) is 0. The van der Waals surface area contributed by atoms with Gasteiger partial charge < -0.3 is 32.0 Å². The van der Waals surface area contributed by atoms with Gasteiger partial charge in [0.2, 0.25) is 0 Å². The Hall–Kier alpha value is -18.6. The van der Waals surface area contributed by atoms with E-state index in [0.29, 0.717) is 5.56 Å². The van der Waals surface area contributed by atoms with E-state index in [-0.39, 0.29) is 22.3 Å². The van der Waals surface area contributed by atoms with Crippen molar-refractivity contribution in [3.8, 4) is 79.3 Å². The summed E-state index contributed by atoms with van der Waals surface area (Å²) in [5.41, 5.74) is 32.9. The van der Waals surface area contributed by atoms with Gasteiger partial charge in [0.15, 0.2) is 0 Å². The molecule has 0 aliphatic heterocycles. The van der Waals surface area contributed by atoms with Crippen LogP contribution >= 0.6 is 11.3 Å². The van der Waals surface area contributed by atoms with Crippen LogP contribution in [0.5, 0.6) is 0 Å². The molecule has 143 heavy (non-hydrogen) atoms. The Morgan fingerprint density at radius 3 is 0.762 bits per heavy atom. The molecule has 9 heteroatoms. The normalized spacial score (nSPS) is 11.6. The quantitative estimate of drug-likeness (QED) is 0.135. The van der Waals surface area contributed by atoms with E-state index in [1.165, 1.54) is 234 Å². The van der Waals surface area contributed by atoms with Crippen LogP contribution in [0.3, 0.4) is 0 Å². The van der Waals surface area contributed by atoms with E-state index in [4.69, 9.17) is 0 Å². The standard InChI is InChI=1S/C48H31N3.C43H25N3S.C40H26N2.3CH4/c1-3-13-34(14-4-1)49-43-20-10-7-17-37(43)40-29-32(23-26-46(40)49)33-24-27-47-41(30-33)38-18-8-12-22-45(38)51(47)36-25-28-48-42(31-36)39-19-9-11-21-44(39)50(48)35-15-5-2-6-16-35;44-26-27-16-20-30(21-17-27)45-37-12-4-1-8-31(37)35-24-28(18-22-39(35)45)29-19-23-40-36(25-29)32-9-2-5-13-38(32)46(40)41-14-7-11-34-33-10-3-6-15-42(33)47-43(34)41;1-2-12-31(13-3-1)41-37-16-8-6-14-33(37)35-25-29(19-22-39(35)41)30-20-23-40-36(26-30)34-15-7-9-17-38(34)42(40)32-21-18-27-10-4-5-11-28(27)24-32;;;/h1-31H;1-25H;1-26H;3*1H4. The zero-order valence-electron chi connectivity index (χ0n) is 75.8. The molecule has 0 saturated carbocycles. The first-order valence-corrected chi connectivity index (χ1v) is 48.5. The topological polar surface area (TPSA) is 58.3 Å². The molecule has 0 aliphatic rings. The number of para-hydroxylation sites is 10. The number of benzene rings is 22. The van der Waals surface area contributed by atoms with Gasteiger partial charge in [0.25, 0.3) is 0 Å². The minimum atomic E-state index is 0. The molecule has 0 aliphatic carbocycles. The first kappa shape index (κ1) is 86.0. The van der Waals surface area contributed by atoms with Crippen molar-refractivity contribution in [2.75, 3.05) is 0 Å². The number of nitrogens with zero attached hydrogens (tertiary/aromatic N) is 8. The second-order valence-corrected chi connectivity index (χ2v) is 37.6. The summed E-state index contributed by atoms with van der Waals surface area (Å²) < 4.78 is 19.3. The molecule has 0 amide bonds. The second-order valence-electron chi connectivity index (χ2n) is 36.5. The maximum absolute atomic E-state index is 9.34. The van der Waals surface area contributed by atoms with Crippen molar-refractivity contribution in [1.29, 1.82) is 5.26 Å². The fourth-order valence-electron chi connectivity index (χ4n) is 22.6. The maximum atomic E-state index is 9.34. The molecule has 0 spiro atoms. The Kier molecular flexibility index (Phi) is 21.0. The first-order valence-electron chi connectivity index (χ1n) is 47.7. The van der Waals surface area contributed by atoms with Crippen LogP contribution in [-0.4, -0.2) is 32.0 Å². The van der Waals surface area contributed by atoms with Crippen molar-refractivity contribution >= 4 is 195 Å². The predicted molar refractivity (Wildman–Crippen MR) is 611 cm³/mol. The summed E-state index contributed by atoms with van der Waals surface area (Å²) in [5.74, 6) is 0. The lowest BCUT2D eigenvalue weighted by Crippen LogP contribution is -1.95. The maximum Gasteiger partial charge on any atom is 0.0991 e. The summed E-state index contributed by atoms with van der Waals surface area (Å²) >= 11 is 1.87. The van der Waals surface area contributed by atoms with E-state index in [0.717, 1.165) is 22.4 Å². The van der Waals surface area contributed by atoms with Crippen LogP contribution in [-0.2, 0) is 0 Å². The van der Waals surface area contributed by atoms with Crippen LogP contribution in [0.1, 0.15) is 27.8 Å². The Balaban J connectivity index is 0.000000112. The van der Waals surface area contributed by atoms with Crippen molar-refractivity contribution in [2.45, 2.75) is 22.3 Å². The molecule has 22 aromatic carbocycles. The third-order valence-corrected chi connectivity index (χ3v) is 30.1. The molecule has 0 bridgehead atoms. The molecular weight excluding hydrogens is 1750 g/mol. The fourth-order valence-corrected chi connectivity index (χ4v) is 23.8. The third kappa shape index (κ3) is 13.9. The molecular formula is C134H94N8S. The molecule has 30 rings (SSSR count). The first-order chi connectivity index (χ1) is 69.4. The van der Waals surface area contributed by atoms with E-state index in [1.54, 1.807) is 0 Å². The highest BCUT2D eigenvalue weighted by atomic mass is 32.1. The van der Waals surface area contributed by atoms with E-state index < -0.39 is 0 Å². The van der Waals surface area contributed by atoms with Crippen LogP contribution < -0.4 is 0 Å². The number of aromatic nitrogens is 7. The van der Waals surface area contributed by atoms with Gasteiger partial charge in [-0.05, 0) is 263 Å². The zero-order chi connectivity index (χ0) is 92.2. The average Bonchev–Trinajstić information content (AvgIpc) is 1.54. The second kappa shape index (κ2) is 34.8. The van der Waals surface area contributed by atoms with E-state index in [2.05, 4.69) is 511 Å². The monoisotopic (exact) mass is 1850 g/mol. The molecule has 8 nitrogen and oxygen atoms in total. The largest absolute Gasteiger partial charge is 0.309 e. The van der Waals surface area contributed by atoms with Crippen molar-refractivity contribution < 1.29 is 0 Å². The van der Waals surface area contributed by atoms with Gasteiger partial charge in [0.05, 0.1) is 99.3 Å². The Morgan fingerprint density at radius 1 is 0.161 bits per heavy atom. The van der Waals surface area contributed by atoms with E-state index in [1.807, 2.05) is 35.6 Å². The molecule has 0 saturated heterocycles. The lowest BCUT2D eigenvalue weighted by Gasteiger charge is -2.11. The molecule has 0 unspecified atom stereocenters. The number of rotatable bonds is 10. The zero-order valence-corrected chi connectivity index (χ0v) is 76.6. The van der Waals surface area contributed by atoms with Crippen LogP contribution in [0.15, 0.2) is 497 Å². The van der Waals surface area contributed by atoms with Crippen LogP contribution in [0, 0.1) is 11.3 Å². The third-order valence-electron chi connectivity index (χ3n) is 28.9.